The Hall–Kier alpha value is -1.92. The van der Waals surface area contributed by atoms with E-state index in [-0.39, 0.29) is 10.7 Å². The van der Waals surface area contributed by atoms with Crippen LogP contribution in [0.4, 0.5) is 5.95 Å². The summed E-state index contributed by atoms with van der Waals surface area (Å²) in [5.41, 5.74) is 1.63. The second-order valence-electron chi connectivity index (χ2n) is 1.64. The van der Waals surface area contributed by atoms with Gasteiger partial charge < -0.3 is 5.21 Å². The van der Waals surface area contributed by atoms with Crippen LogP contribution in [0.3, 0.4) is 0 Å². The van der Waals surface area contributed by atoms with Crippen LogP contribution in [0.5, 0.6) is 0 Å². The molecular formula is C4H4N4O3. The van der Waals surface area contributed by atoms with Crippen molar-refractivity contribution >= 4 is 5.95 Å². The lowest BCUT2D eigenvalue weighted by Crippen LogP contribution is -2.33. The number of aromatic nitrogens is 2. The Kier molecular flexibility index (Phi) is 1.81. The Balaban J connectivity index is 2.86. The lowest BCUT2D eigenvalue weighted by molar-refractivity contribution is -0.605. The molecule has 0 aliphatic rings. The molecule has 0 aromatic carbocycles. The van der Waals surface area contributed by atoms with Gasteiger partial charge in [-0.3, -0.25) is 0 Å². The quantitative estimate of drug-likeness (QED) is 0.265. The first kappa shape index (κ1) is 7.19. The van der Waals surface area contributed by atoms with E-state index >= 15 is 0 Å². The van der Waals surface area contributed by atoms with Crippen LogP contribution in [0.25, 0.3) is 0 Å². The standard InChI is InChI=1S/C4H4N4O3/c9-7-3-1-2-5-4(7)6-8(10)11/h1-3H,(H,5,6). The summed E-state index contributed by atoms with van der Waals surface area (Å²) in [5.74, 6) is -0.350. The Labute approximate surface area is 61.0 Å². The summed E-state index contributed by atoms with van der Waals surface area (Å²) in [6.45, 7) is 0. The molecule has 7 nitrogen and oxygen atoms in total. The molecule has 0 saturated heterocycles. The third-order valence-corrected chi connectivity index (χ3v) is 0.904. The Morgan fingerprint density at radius 3 is 3.00 bits per heavy atom. The lowest BCUT2D eigenvalue weighted by atomic mass is 10.7. The molecule has 0 amide bonds. The fraction of sp³-hybridized carbons (Fsp3) is 0. The maximum atomic E-state index is 10.6. The molecule has 1 aromatic rings. The highest BCUT2D eigenvalue weighted by molar-refractivity contribution is 5.09. The molecule has 0 aliphatic carbocycles. The van der Waals surface area contributed by atoms with Crippen molar-refractivity contribution in [2.45, 2.75) is 0 Å². The molecule has 0 bridgehead atoms. The largest absolute Gasteiger partial charge is 0.740 e. The fourth-order valence-corrected chi connectivity index (χ4v) is 0.518. The Morgan fingerprint density at radius 2 is 2.45 bits per heavy atom. The van der Waals surface area contributed by atoms with Gasteiger partial charge in [0.2, 0.25) is 5.03 Å². The van der Waals surface area contributed by atoms with E-state index in [4.69, 9.17) is 0 Å². The molecule has 1 aromatic heterocycles. The van der Waals surface area contributed by atoms with Crippen molar-refractivity contribution in [3.8, 4) is 0 Å². The van der Waals surface area contributed by atoms with Crippen molar-refractivity contribution in [2.24, 2.45) is 0 Å². The minimum absolute atomic E-state index is 0.267. The monoisotopic (exact) mass is 156 g/mol. The van der Waals surface area contributed by atoms with Crippen molar-refractivity contribution in [3.05, 3.63) is 33.8 Å². The SMILES string of the molecule is O=[N+]([O-])Nc1nccc[n+]1[O-]. The van der Waals surface area contributed by atoms with Gasteiger partial charge >= 0.3 is 5.95 Å². The van der Waals surface area contributed by atoms with Crippen LogP contribution in [0.2, 0.25) is 0 Å². The highest BCUT2D eigenvalue weighted by Crippen LogP contribution is 1.89. The molecule has 58 valence electrons. The molecule has 7 heteroatoms. The average Bonchev–Trinajstić information content (AvgIpc) is 1.93. The van der Waals surface area contributed by atoms with Crippen molar-refractivity contribution in [3.63, 3.8) is 0 Å². The van der Waals surface area contributed by atoms with Gasteiger partial charge in [-0.1, -0.05) is 4.98 Å². The van der Waals surface area contributed by atoms with Gasteiger partial charge in [0, 0.05) is 11.5 Å². The Morgan fingerprint density at radius 1 is 1.73 bits per heavy atom. The fourth-order valence-electron chi connectivity index (χ4n) is 0.518. The van der Waals surface area contributed by atoms with E-state index in [0.29, 0.717) is 0 Å². The maximum absolute atomic E-state index is 10.6. The zero-order valence-electron chi connectivity index (χ0n) is 5.30. The van der Waals surface area contributed by atoms with E-state index in [0.717, 1.165) is 6.20 Å². The smallest absolute Gasteiger partial charge is 0.454 e. The van der Waals surface area contributed by atoms with Gasteiger partial charge in [-0.05, 0) is 0 Å². The lowest BCUT2D eigenvalue weighted by Gasteiger charge is -2.01. The van der Waals surface area contributed by atoms with E-state index in [9.17, 15) is 15.3 Å². The number of nitrogens with zero attached hydrogens (tertiary/aromatic N) is 3. The normalized spacial score (nSPS) is 9.09. The zero-order valence-corrected chi connectivity index (χ0v) is 5.30. The van der Waals surface area contributed by atoms with Crippen LogP contribution in [0.1, 0.15) is 0 Å². The van der Waals surface area contributed by atoms with Crippen molar-refractivity contribution in [2.75, 3.05) is 5.43 Å². The topological polar surface area (TPSA) is 95.0 Å². The number of hydrogen-bond acceptors (Lipinski definition) is 4. The zero-order chi connectivity index (χ0) is 8.27. The summed E-state index contributed by atoms with van der Waals surface area (Å²) in [7, 11) is 0. The summed E-state index contributed by atoms with van der Waals surface area (Å²) in [4.78, 5) is 13.2. The van der Waals surface area contributed by atoms with Crippen LogP contribution in [0.15, 0.2) is 18.5 Å². The van der Waals surface area contributed by atoms with Crippen LogP contribution in [-0.2, 0) is 0 Å². The second-order valence-corrected chi connectivity index (χ2v) is 1.64. The molecule has 0 atom stereocenters. The molecule has 0 aliphatic heterocycles. The van der Waals surface area contributed by atoms with Crippen molar-refractivity contribution in [1.82, 2.24) is 4.98 Å². The number of nitrogens with one attached hydrogen (secondary N) is 1. The van der Waals surface area contributed by atoms with Crippen molar-refractivity contribution < 1.29 is 9.76 Å². The van der Waals surface area contributed by atoms with Crippen LogP contribution < -0.4 is 10.2 Å². The first-order chi connectivity index (χ1) is 5.20. The van der Waals surface area contributed by atoms with Crippen molar-refractivity contribution in [1.29, 1.82) is 0 Å². The van der Waals surface area contributed by atoms with Gasteiger partial charge in [0.05, 0.1) is 6.20 Å². The number of hydrogen-bond donors (Lipinski definition) is 1. The van der Waals surface area contributed by atoms with Gasteiger partial charge in [0.25, 0.3) is 0 Å². The number of anilines is 1. The molecule has 0 spiro atoms. The van der Waals surface area contributed by atoms with Crippen LogP contribution in [-0.4, -0.2) is 10.0 Å². The molecular weight excluding hydrogens is 152 g/mol. The highest BCUT2D eigenvalue weighted by atomic mass is 16.7. The predicted octanol–water partition coefficient (Wildman–Crippen LogP) is -0.681. The number of rotatable bonds is 2. The maximum Gasteiger partial charge on any atom is 0.454 e. The summed E-state index contributed by atoms with van der Waals surface area (Å²) >= 11 is 0. The van der Waals surface area contributed by atoms with Crippen LogP contribution in [0, 0.1) is 15.3 Å². The van der Waals surface area contributed by atoms with E-state index < -0.39 is 5.03 Å². The molecule has 1 N–H and O–H groups in total. The highest BCUT2D eigenvalue weighted by Gasteiger charge is 2.10. The van der Waals surface area contributed by atoms with Gasteiger partial charge in [0.1, 0.15) is 6.20 Å². The first-order valence-electron chi connectivity index (χ1n) is 2.65. The number of hydrazine groups is 1. The Bertz CT molecular complexity index is 276. The van der Waals surface area contributed by atoms with E-state index in [1.165, 1.54) is 12.3 Å². The van der Waals surface area contributed by atoms with Crippen LogP contribution >= 0.6 is 0 Å². The summed E-state index contributed by atoms with van der Waals surface area (Å²) in [6.07, 6.45) is 2.39. The van der Waals surface area contributed by atoms with Gasteiger partial charge in [0.15, 0.2) is 0 Å². The molecule has 11 heavy (non-hydrogen) atoms. The van der Waals surface area contributed by atoms with E-state index in [1.807, 2.05) is 0 Å². The third-order valence-electron chi connectivity index (χ3n) is 0.904. The van der Waals surface area contributed by atoms with Gasteiger partial charge in [-0.15, -0.1) is 0 Å². The molecule has 0 saturated carbocycles. The first-order valence-corrected chi connectivity index (χ1v) is 2.65. The van der Waals surface area contributed by atoms with E-state index in [2.05, 4.69) is 4.98 Å². The molecule has 1 heterocycles. The summed E-state index contributed by atoms with van der Waals surface area (Å²) in [6, 6.07) is 1.37. The number of nitro groups is 1. The van der Waals surface area contributed by atoms with Gasteiger partial charge in [-0.25, -0.2) is 14.8 Å². The minimum Gasteiger partial charge on any atom is -0.740 e. The summed E-state index contributed by atoms with van der Waals surface area (Å²) < 4.78 is 0.267. The van der Waals surface area contributed by atoms with Gasteiger partial charge in [-0.2, -0.15) is 0 Å². The van der Waals surface area contributed by atoms with E-state index in [1.54, 1.807) is 5.43 Å². The molecule has 0 fully saturated rings. The third kappa shape index (κ3) is 1.75. The molecule has 0 unspecified atom stereocenters. The molecule has 0 radical (unpaired) electrons. The predicted molar refractivity (Wildman–Crippen MR) is 33.8 cm³/mol. The molecule has 1 rings (SSSR count). The summed E-state index contributed by atoms with van der Waals surface area (Å²) in [5, 5.41) is 19.6. The average molecular weight is 156 g/mol. The second kappa shape index (κ2) is 2.78. The minimum atomic E-state index is -0.850.